The van der Waals surface area contributed by atoms with Gasteiger partial charge in [-0.2, -0.15) is 26.8 Å². The van der Waals surface area contributed by atoms with Crippen LogP contribution in [0.3, 0.4) is 0 Å². The molecule has 3 amide bonds. The van der Waals surface area contributed by atoms with Gasteiger partial charge in [0.05, 0.1) is 30.8 Å². The fourth-order valence-corrected chi connectivity index (χ4v) is 11.0. The first-order valence-electron chi connectivity index (χ1n) is 28.9. The van der Waals surface area contributed by atoms with Crippen molar-refractivity contribution in [1.29, 1.82) is 2.86 Å². The minimum absolute atomic E-state index is 0.0162. The summed E-state index contributed by atoms with van der Waals surface area (Å²) in [6, 6.07) is 0. The molecule has 0 spiro atoms. The Morgan fingerprint density at radius 2 is 1.00 bits per heavy atom. The van der Waals surface area contributed by atoms with Crippen LogP contribution >= 0.6 is 0 Å². The Morgan fingerprint density at radius 3 is 1.28 bits per heavy atom. The quantitative estimate of drug-likeness (QED) is 0.0675. The Balaban J connectivity index is 0.000000516. The minimum atomic E-state index is -4.67. The van der Waals surface area contributed by atoms with Crippen LogP contribution in [0, 0.1) is 23.7 Å². The van der Waals surface area contributed by atoms with Gasteiger partial charge in [0.25, 0.3) is 11.1 Å². The Bertz CT molecular complexity index is 3370. The zero-order chi connectivity index (χ0) is 68.9. The number of carboxylic acid groups (broad SMARTS) is 1. The number of aromatic nitrogens is 8. The number of rotatable bonds is 17. The third kappa shape index (κ3) is 20.0. The third-order valence-electron chi connectivity index (χ3n) is 13.7. The maximum absolute atomic E-state index is 13.0. The second-order valence-electron chi connectivity index (χ2n) is 23.8. The lowest BCUT2D eigenvalue weighted by molar-refractivity contribution is -0.140. The summed E-state index contributed by atoms with van der Waals surface area (Å²) < 4.78 is 118. The van der Waals surface area contributed by atoms with E-state index < -0.39 is 121 Å². The van der Waals surface area contributed by atoms with Gasteiger partial charge in [-0.25, -0.2) is 28.2 Å². The van der Waals surface area contributed by atoms with Crippen molar-refractivity contribution in [2.45, 2.75) is 196 Å². The van der Waals surface area contributed by atoms with E-state index in [0.717, 1.165) is 0 Å². The maximum atomic E-state index is 13.0. The number of nitrogens with zero attached hydrogens (tertiary/aromatic N) is 6. The molecule has 2 aliphatic heterocycles. The Labute approximate surface area is 503 Å². The van der Waals surface area contributed by atoms with Gasteiger partial charge in [-0.3, -0.25) is 58.5 Å². The number of aliphatic carboxylic acids is 1. The van der Waals surface area contributed by atoms with Crippen LogP contribution in [-0.2, 0) is 66.5 Å². The molecule has 35 heteroatoms. The first kappa shape index (κ1) is 68.7. The van der Waals surface area contributed by atoms with Crippen molar-refractivity contribution >= 4 is 95.2 Å². The number of amides is 3. The summed E-state index contributed by atoms with van der Waals surface area (Å²) in [7, 11) is -11.6. The normalized spacial score (nSPS) is 21.7. The molecule has 4 aromatic rings. The molecule has 0 radical (unpaired) electrons. The number of anilines is 2. The van der Waals surface area contributed by atoms with Gasteiger partial charge in [0.1, 0.15) is 12.2 Å². The zero-order valence-corrected chi connectivity index (χ0v) is 55.5. The van der Waals surface area contributed by atoms with Gasteiger partial charge in [-0.15, -0.1) is 0 Å². The SMILES string of the molecule is CC(C)C(=O)O.[2H]CC1OC(n2cnc3c(=O)[nH]c(NC(=O)C(C)C)nc32)C(OS(=O)(=O)NC(=O)C(C)C)C1O[Si](C)(C)C(C)(C)C.[2H]CC1OC(n2cnc3c(=O)[nH]c(NC(=O)C(C)C)nc32)C(OS(N)(=O)=O)C1O[Si](C)(C)C(C)(C)C.[3H]OC.[3H]OC. The van der Waals surface area contributed by atoms with Gasteiger partial charge in [-0.05, 0) is 50.1 Å². The van der Waals surface area contributed by atoms with Gasteiger partial charge in [0.15, 0.2) is 63.6 Å². The van der Waals surface area contributed by atoms with Crippen molar-refractivity contribution < 1.29 is 80.8 Å². The fraction of sp³-hybridized carbons (Fsp3) is 0.720. The predicted octanol–water partition coefficient (Wildman–Crippen LogP) is 3.98. The van der Waals surface area contributed by atoms with Crippen LogP contribution in [-0.4, -0.2) is 165 Å². The summed E-state index contributed by atoms with van der Waals surface area (Å²) in [5.74, 6) is -4.15. The van der Waals surface area contributed by atoms with E-state index in [4.69, 9.17) is 42.5 Å². The van der Waals surface area contributed by atoms with Crippen molar-refractivity contribution in [1.82, 2.24) is 43.8 Å². The van der Waals surface area contributed by atoms with Crippen LogP contribution in [0.2, 0.25) is 36.3 Å². The highest BCUT2D eigenvalue weighted by atomic mass is 32.2. The summed E-state index contributed by atoms with van der Waals surface area (Å²) >= 11 is 0. The van der Waals surface area contributed by atoms with E-state index in [0.29, 0.717) is 0 Å². The third-order valence-corrected chi connectivity index (χ3v) is 24.1. The average Bonchev–Trinajstić information content (AvgIpc) is 1.63. The zero-order valence-electron chi connectivity index (χ0n) is 55.9. The molecule has 6 rings (SSSR count). The highest BCUT2D eigenvalue weighted by Gasteiger charge is 2.54. The molecule has 6 heterocycles. The number of hydrogen-bond acceptors (Lipinski definition) is 22. The molecule has 0 aromatic carbocycles. The van der Waals surface area contributed by atoms with Crippen LogP contribution < -0.4 is 31.6 Å². The number of carbonyl (C=O) groups excluding carboxylic acids is 3. The topological polar surface area (TPSA) is 442 Å². The minimum Gasteiger partial charge on any atom is -0.481 e. The lowest BCUT2D eigenvalue weighted by Gasteiger charge is -2.40. The molecule has 31 nitrogen and oxygen atoms in total. The van der Waals surface area contributed by atoms with E-state index in [1.807, 2.05) is 72.5 Å². The molecule has 85 heavy (non-hydrogen) atoms. The number of nitrogens with two attached hydrogens (primary N) is 1. The first-order chi connectivity index (χ1) is 40.7. The van der Waals surface area contributed by atoms with E-state index in [2.05, 4.69) is 50.8 Å². The number of ether oxygens (including phenoxy) is 2. The average molecular weight is 1290 g/mol. The largest absolute Gasteiger partial charge is 0.481 e. The molecular formula is C50H90N12O19S2Si2. The molecule has 0 aliphatic carbocycles. The molecule has 8 unspecified atom stereocenters. The number of aromatic amines is 2. The van der Waals surface area contributed by atoms with Crippen LogP contribution in [0.5, 0.6) is 0 Å². The smallest absolute Gasteiger partial charge is 0.362 e. The lowest BCUT2D eigenvalue weighted by atomic mass is 10.1. The van der Waals surface area contributed by atoms with Gasteiger partial charge in [-0.1, -0.05) is 96.9 Å². The number of carboxylic acids is 1. The van der Waals surface area contributed by atoms with E-state index in [-0.39, 0.29) is 81.8 Å². The van der Waals surface area contributed by atoms with Gasteiger partial charge < -0.3 is 33.6 Å². The van der Waals surface area contributed by atoms with Crippen molar-refractivity contribution in [3.05, 3.63) is 33.4 Å². The van der Waals surface area contributed by atoms with Crippen molar-refractivity contribution in [3.8, 4) is 0 Å². The van der Waals surface area contributed by atoms with Crippen molar-refractivity contribution in [2.24, 2.45) is 28.8 Å². The first-order valence-corrected chi connectivity index (χ1v) is 35.4. The van der Waals surface area contributed by atoms with Crippen LogP contribution in [0.25, 0.3) is 22.3 Å². The van der Waals surface area contributed by atoms with Crippen LogP contribution in [0.1, 0.15) is 126 Å². The number of nitrogens with one attached hydrogen (secondary N) is 5. The molecule has 0 saturated carbocycles. The Kier molecular flexibility index (Phi) is 24.2. The molecule has 2 aliphatic rings. The fourth-order valence-electron chi connectivity index (χ4n) is 6.82. The number of aliphatic hydroxyl groups excluding tert-OH is 2. The van der Waals surface area contributed by atoms with E-state index in [1.54, 1.807) is 41.5 Å². The van der Waals surface area contributed by atoms with Crippen LogP contribution in [0.15, 0.2) is 22.2 Å². The Hall–Kier alpha value is -5.45. The van der Waals surface area contributed by atoms with E-state index in [1.165, 1.54) is 49.9 Å². The van der Waals surface area contributed by atoms with Crippen LogP contribution in [0.4, 0.5) is 11.9 Å². The van der Waals surface area contributed by atoms with E-state index in [9.17, 15) is 45.6 Å². The Morgan fingerprint density at radius 1 is 0.671 bits per heavy atom. The highest BCUT2D eigenvalue weighted by molar-refractivity contribution is 7.85. The molecule has 484 valence electrons. The van der Waals surface area contributed by atoms with Crippen molar-refractivity contribution in [3.63, 3.8) is 0 Å². The number of imidazole rings is 2. The van der Waals surface area contributed by atoms with Gasteiger partial charge >= 0.3 is 26.6 Å². The number of H-pyrrole nitrogens is 2. The summed E-state index contributed by atoms with van der Waals surface area (Å²) in [5, 5.41) is 24.8. The van der Waals surface area contributed by atoms with Gasteiger partial charge in [0.2, 0.25) is 32.5 Å². The monoisotopic (exact) mass is 1290 g/mol. The molecule has 2 fully saturated rings. The maximum Gasteiger partial charge on any atom is 0.362 e. The number of aliphatic hydroxyl groups is 2. The second-order valence-corrected chi connectivity index (χ2v) is 35.8. The number of hydrogen-bond donors (Lipinski definition) is 9. The molecule has 2 saturated heterocycles. The summed E-state index contributed by atoms with van der Waals surface area (Å²) in [6.45, 7) is 32.4. The molecule has 4 aromatic heterocycles. The molecule has 0 bridgehead atoms. The molecule has 8 atom stereocenters. The van der Waals surface area contributed by atoms with Crippen molar-refractivity contribution in [2.75, 3.05) is 24.9 Å². The molecule has 10 N–H and O–H groups in total. The number of fused-ring (bicyclic) bond motifs is 2. The molecular weight excluding hydrogens is 1190 g/mol. The summed E-state index contributed by atoms with van der Waals surface area (Å²) in [5.41, 5.74) is -1.43. The summed E-state index contributed by atoms with van der Waals surface area (Å²) in [6.07, 6.45) is -6.47. The van der Waals surface area contributed by atoms with Gasteiger partial charge in [0, 0.05) is 34.7 Å². The highest BCUT2D eigenvalue weighted by Crippen LogP contribution is 2.44. The van der Waals surface area contributed by atoms with E-state index >= 15 is 0 Å². The predicted molar refractivity (Wildman–Crippen MR) is 320 cm³/mol. The summed E-state index contributed by atoms with van der Waals surface area (Å²) in [4.78, 5) is 93.5. The standard InChI is InChI=1S/C24H40N6O8SSi.C20H34N6O7SSi.C4H8O2.2CH4O/c1-12(2)19(31)27-23-26-18-15(21(33)28-23)25-11-30(18)22-17(37-39(34,35)29-20(32)13(3)4)16(14(5)36-22)38-40(9,10)24(6,7)8;1-10(2)16(27)24-19-23-15-12(17(28)25-19)22-9-26(15)18-14(32-34(21,29)30)13(11(3)31-18)33-35(7,8)20(4,5)6;1-3(2)4(5)6;2*1-2/h11-14,16-17,22H,1-10H3,(H,29,32)(H2,26,27,28,31,33);9-11,13-14,18H,1-8H3,(H2,21,29,30)(H2,23,24,25,27,28);3H,1-2H3,(H,5,6);2*2H,1H3/i5D;3D;;2*2T. The number of carbonyl (C=O) groups is 4. The second kappa shape index (κ2) is 30.0. The lowest BCUT2D eigenvalue weighted by Crippen LogP contribution is -2.50.